The molecule has 0 radical (unpaired) electrons. The maximum absolute atomic E-state index is 12.6. The largest absolute Gasteiger partial charge is 0.352 e. The highest BCUT2D eigenvalue weighted by molar-refractivity contribution is 6.07. The normalized spacial score (nSPS) is 27.5. The van der Waals surface area contributed by atoms with Crippen LogP contribution in [0.1, 0.15) is 19.8 Å². The molecule has 0 unspecified atom stereocenters. The van der Waals surface area contributed by atoms with Crippen LogP contribution in [-0.2, 0) is 9.59 Å². The van der Waals surface area contributed by atoms with Crippen molar-refractivity contribution in [2.45, 2.75) is 25.8 Å². The second-order valence-electron chi connectivity index (χ2n) is 7.35. The van der Waals surface area contributed by atoms with Crippen LogP contribution in [0.25, 0.3) is 0 Å². The van der Waals surface area contributed by atoms with Gasteiger partial charge in [-0.25, -0.2) is 5.43 Å². The molecule has 1 saturated heterocycles. The SMILES string of the molecule is CC[C@H](CN1CCN(C)CC1)NC(=O)CC1=NNC(=O)[C@@H]2C=CC=C[C@@H]12. The highest BCUT2D eigenvalue weighted by Crippen LogP contribution is 2.25. The number of rotatable bonds is 6. The number of carbonyl (C=O) groups is 2. The third kappa shape index (κ3) is 4.59. The molecule has 0 aromatic rings. The topological polar surface area (TPSA) is 77.0 Å². The smallest absolute Gasteiger partial charge is 0.247 e. The molecule has 0 saturated carbocycles. The Hall–Kier alpha value is -1.99. The molecule has 7 heteroatoms. The highest BCUT2D eigenvalue weighted by Gasteiger charge is 2.34. The molecular weight excluding hydrogens is 330 g/mol. The second kappa shape index (κ2) is 8.60. The molecule has 2 heterocycles. The zero-order valence-corrected chi connectivity index (χ0v) is 15.6. The maximum atomic E-state index is 12.6. The second-order valence-corrected chi connectivity index (χ2v) is 7.35. The van der Waals surface area contributed by atoms with Gasteiger partial charge in [0.15, 0.2) is 0 Å². The summed E-state index contributed by atoms with van der Waals surface area (Å²) in [6.07, 6.45) is 8.73. The van der Waals surface area contributed by atoms with Gasteiger partial charge in [0, 0.05) is 44.7 Å². The predicted molar refractivity (Wildman–Crippen MR) is 102 cm³/mol. The summed E-state index contributed by atoms with van der Waals surface area (Å²) in [6, 6.07) is 0.141. The number of hydrazone groups is 1. The first-order valence-corrected chi connectivity index (χ1v) is 9.48. The van der Waals surface area contributed by atoms with Gasteiger partial charge in [-0.3, -0.25) is 14.5 Å². The van der Waals surface area contributed by atoms with Gasteiger partial charge in [-0.05, 0) is 13.5 Å². The highest BCUT2D eigenvalue weighted by atomic mass is 16.2. The summed E-state index contributed by atoms with van der Waals surface area (Å²) < 4.78 is 0. The molecule has 0 spiro atoms. The first kappa shape index (κ1) is 18.8. The summed E-state index contributed by atoms with van der Waals surface area (Å²) in [4.78, 5) is 29.2. The van der Waals surface area contributed by atoms with Crippen molar-refractivity contribution in [3.63, 3.8) is 0 Å². The van der Waals surface area contributed by atoms with E-state index in [1.54, 1.807) is 0 Å². The van der Waals surface area contributed by atoms with E-state index < -0.39 is 0 Å². The van der Waals surface area contributed by atoms with Crippen LogP contribution in [0.3, 0.4) is 0 Å². The molecule has 2 amide bonds. The Morgan fingerprint density at radius 3 is 2.65 bits per heavy atom. The average Bonchev–Trinajstić information content (AvgIpc) is 2.65. The van der Waals surface area contributed by atoms with Crippen LogP contribution >= 0.6 is 0 Å². The van der Waals surface area contributed by atoms with Gasteiger partial charge < -0.3 is 10.2 Å². The first-order valence-electron chi connectivity index (χ1n) is 9.48. The zero-order valence-electron chi connectivity index (χ0n) is 15.6. The average molecular weight is 359 g/mol. The summed E-state index contributed by atoms with van der Waals surface area (Å²) in [6.45, 7) is 7.22. The van der Waals surface area contributed by atoms with E-state index in [9.17, 15) is 9.59 Å². The number of nitrogens with one attached hydrogen (secondary N) is 2. The number of allylic oxidation sites excluding steroid dienone is 3. The van der Waals surface area contributed by atoms with Crippen LogP contribution in [0.5, 0.6) is 0 Å². The molecule has 0 bridgehead atoms. The summed E-state index contributed by atoms with van der Waals surface area (Å²) in [5, 5.41) is 7.30. The molecule has 2 aliphatic heterocycles. The number of likely N-dealkylation sites (N-methyl/N-ethyl adjacent to an activating group) is 1. The van der Waals surface area contributed by atoms with Crippen LogP contribution < -0.4 is 10.7 Å². The molecule has 3 aliphatic rings. The minimum absolute atomic E-state index is 0.0254. The standard InChI is InChI=1S/C19H29N5O2/c1-3-14(13-24-10-8-23(2)9-11-24)20-18(25)12-17-15-6-4-5-7-16(15)19(26)22-21-17/h4-7,14-16H,3,8-13H2,1-2H3,(H,20,25)(H,22,26)/t14-,15-,16-/m1/s1. The van der Waals surface area contributed by atoms with E-state index in [0.29, 0.717) is 0 Å². The number of hydrogen-bond donors (Lipinski definition) is 2. The summed E-state index contributed by atoms with van der Waals surface area (Å²) >= 11 is 0. The van der Waals surface area contributed by atoms with Gasteiger partial charge in [-0.1, -0.05) is 31.2 Å². The molecule has 3 atom stereocenters. The molecule has 0 aromatic heterocycles. The fourth-order valence-corrected chi connectivity index (χ4v) is 3.67. The van der Waals surface area contributed by atoms with Gasteiger partial charge in [0.05, 0.1) is 18.1 Å². The van der Waals surface area contributed by atoms with Gasteiger partial charge in [0.1, 0.15) is 0 Å². The van der Waals surface area contributed by atoms with Crippen molar-refractivity contribution in [1.29, 1.82) is 0 Å². The molecule has 7 nitrogen and oxygen atoms in total. The Labute approximate surface area is 155 Å². The predicted octanol–water partition coefficient (Wildman–Crippen LogP) is 0.363. The lowest BCUT2D eigenvalue weighted by molar-refractivity contribution is -0.125. The Bertz CT molecular complexity index is 619. The van der Waals surface area contributed by atoms with Gasteiger partial charge in [-0.2, -0.15) is 5.10 Å². The molecule has 3 rings (SSSR count). The van der Waals surface area contributed by atoms with E-state index in [0.717, 1.165) is 44.9 Å². The zero-order chi connectivity index (χ0) is 18.5. The number of piperazine rings is 1. The lowest BCUT2D eigenvalue weighted by Crippen LogP contribution is -2.51. The molecular formula is C19H29N5O2. The van der Waals surface area contributed by atoms with Gasteiger partial charge in [0.25, 0.3) is 0 Å². The Morgan fingerprint density at radius 1 is 1.27 bits per heavy atom. The van der Waals surface area contributed by atoms with Crippen LogP contribution in [0.2, 0.25) is 0 Å². The molecule has 26 heavy (non-hydrogen) atoms. The van der Waals surface area contributed by atoms with Crippen molar-refractivity contribution in [3.8, 4) is 0 Å². The van der Waals surface area contributed by atoms with Gasteiger partial charge in [-0.15, -0.1) is 0 Å². The monoisotopic (exact) mass is 359 g/mol. The molecule has 0 aromatic carbocycles. The Kier molecular flexibility index (Phi) is 6.21. The fraction of sp³-hybridized carbons (Fsp3) is 0.632. The Balaban J connectivity index is 1.53. The lowest BCUT2D eigenvalue weighted by Gasteiger charge is -2.34. The summed E-state index contributed by atoms with van der Waals surface area (Å²) in [5.41, 5.74) is 3.27. The van der Waals surface area contributed by atoms with E-state index in [4.69, 9.17) is 0 Å². The first-order chi connectivity index (χ1) is 12.6. The molecule has 1 aliphatic carbocycles. The molecule has 142 valence electrons. The number of nitrogens with zero attached hydrogens (tertiary/aromatic N) is 3. The van der Waals surface area contributed by atoms with Gasteiger partial charge in [0.2, 0.25) is 11.8 Å². The van der Waals surface area contributed by atoms with E-state index in [-0.39, 0.29) is 36.1 Å². The van der Waals surface area contributed by atoms with E-state index in [1.807, 2.05) is 24.3 Å². The summed E-state index contributed by atoms with van der Waals surface area (Å²) in [5.74, 6) is -0.506. The number of amides is 2. The van der Waals surface area contributed by atoms with Crippen molar-refractivity contribution in [2.75, 3.05) is 39.8 Å². The van der Waals surface area contributed by atoms with Crippen molar-refractivity contribution < 1.29 is 9.59 Å². The van der Waals surface area contributed by atoms with Crippen molar-refractivity contribution in [1.82, 2.24) is 20.5 Å². The van der Waals surface area contributed by atoms with Crippen molar-refractivity contribution >= 4 is 17.5 Å². The van der Waals surface area contributed by atoms with Crippen LogP contribution in [-0.4, -0.2) is 73.1 Å². The van der Waals surface area contributed by atoms with Crippen LogP contribution in [0.4, 0.5) is 0 Å². The number of carbonyl (C=O) groups excluding carboxylic acids is 2. The Morgan fingerprint density at radius 2 is 1.96 bits per heavy atom. The van der Waals surface area contributed by atoms with Crippen LogP contribution in [0.15, 0.2) is 29.4 Å². The third-order valence-corrected chi connectivity index (χ3v) is 5.41. The number of hydrogen-bond acceptors (Lipinski definition) is 5. The van der Waals surface area contributed by atoms with Crippen molar-refractivity contribution in [3.05, 3.63) is 24.3 Å². The van der Waals surface area contributed by atoms with E-state index >= 15 is 0 Å². The van der Waals surface area contributed by atoms with E-state index in [1.165, 1.54) is 0 Å². The van der Waals surface area contributed by atoms with Crippen molar-refractivity contribution in [2.24, 2.45) is 16.9 Å². The fourth-order valence-electron chi connectivity index (χ4n) is 3.67. The lowest BCUT2D eigenvalue weighted by atomic mass is 9.82. The van der Waals surface area contributed by atoms with E-state index in [2.05, 4.69) is 39.6 Å². The third-order valence-electron chi connectivity index (χ3n) is 5.41. The van der Waals surface area contributed by atoms with Crippen LogP contribution in [0, 0.1) is 11.8 Å². The molecule has 1 fully saturated rings. The quantitative estimate of drug-likeness (QED) is 0.718. The summed E-state index contributed by atoms with van der Waals surface area (Å²) in [7, 11) is 2.14. The number of fused-ring (bicyclic) bond motifs is 1. The van der Waals surface area contributed by atoms with Gasteiger partial charge >= 0.3 is 0 Å². The minimum Gasteiger partial charge on any atom is -0.352 e. The molecule has 2 N–H and O–H groups in total. The maximum Gasteiger partial charge on any atom is 0.247 e. The minimum atomic E-state index is -0.257.